The lowest BCUT2D eigenvalue weighted by Crippen LogP contribution is -2.61. The zero-order valence-electron chi connectivity index (χ0n) is 31.8. The first kappa shape index (κ1) is 44.0. The van der Waals surface area contributed by atoms with Crippen LogP contribution in [0.1, 0.15) is 22.8 Å². The van der Waals surface area contributed by atoms with Gasteiger partial charge >= 0.3 is 12.4 Å². The van der Waals surface area contributed by atoms with Crippen LogP contribution in [0.4, 0.5) is 37.7 Å². The third kappa shape index (κ3) is 9.24. The summed E-state index contributed by atoms with van der Waals surface area (Å²) in [5.41, 5.74) is -0.930. The number of aromatic nitrogens is 4. The number of ketones is 1. The fraction of sp³-hybridized carbons (Fsp3) is 0.486. The Morgan fingerprint density at radius 2 is 0.983 bits per heavy atom. The number of nitrogens with zero attached hydrogens (tertiary/aromatic N) is 8. The Hall–Kier alpha value is -3.61. The Kier molecular flexibility index (Phi) is 13.3. The Bertz CT molecular complexity index is 1970. The van der Waals surface area contributed by atoms with Crippen molar-refractivity contribution >= 4 is 63.6 Å². The fourth-order valence-electron chi connectivity index (χ4n) is 7.36. The average molecular weight is 901 g/mol. The molecule has 2 aromatic heterocycles. The van der Waals surface area contributed by atoms with Crippen LogP contribution in [0.2, 0.25) is 20.1 Å². The van der Waals surface area contributed by atoms with Gasteiger partial charge in [-0.1, -0.05) is 46.4 Å². The molecule has 0 bridgehead atoms. The van der Waals surface area contributed by atoms with Gasteiger partial charge in [-0.3, -0.25) is 24.0 Å². The van der Waals surface area contributed by atoms with Gasteiger partial charge in [0, 0.05) is 75.9 Å². The van der Waals surface area contributed by atoms with Crippen molar-refractivity contribution in [2.75, 3.05) is 76.4 Å². The largest absolute Gasteiger partial charge is 0.495 e. The van der Waals surface area contributed by atoms with Crippen molar-refractivity contribution in [3.63, 3.8) is 0 Å². The molecule has 58 heavy (non-hydrogen) atoms. The number of anilines is 2. The Morgan fingerprint density at radius 1 is 0.638 bits per heavy atom. The molecule has 0 saturated carbocycles. The summed E-state index contributed by atoms with van der Waals surface area (Å²) in [5.74, 6) is 0.506. The molecule has 0 aliphatic carbocycles. The monoisotopic (exact) mass is 898 g/mol. The summed E-state index contributed by atoms with van der Waals surface area (Å²) >= 11 is 24.8. The van der Waals surface area contributed by atoms with Crippen LogP contribution in [0.25, 0.3) is 0 Å². The van der Waals surface area contributed by atoms with Crippen molar-refractivity contribution in [3.05, 3.63) is 79.3 Å². The summed E-state index contributed by atoms with van der Waals surface area (Å²) in [6, 6.07) is 8.48. The van der Waals surface area contributed by atoms with Gasteiger partial charge in [0.1, 0.15) is 11.5 Å². The molecule has 2 fully saturated rings. The van der Waals surface area contributed by atoms with E-state index in [1.807, 2.05) is 21.9 Å². The predicted octanol–water partition coefficient (Wildman–Crippen LogP) is 8.02. The van der Waals surface area contributed by atoms with E-state index in [1.54, 1.807) is 24.3 Å². The van der Waals surface area contributed by atoms with Crippen molar-refractivity contribution < 1.29 is 40.6 Å². The minimum atomic E-state index is -4.86. The van der Waals surface area contributed by atoms with Crippen molar-refractivity contribution in [1.82, 2.24) is 29.4 Å². The number of halogens is 10. The number of piperazine rings is 2. The molecule has 2 atom stereocenters. The number of alkyl halides is 6. The Balaban J connectivity index is 1.35. The number of carbonyl (C=O) groups excluding carboxylic acids is 1. The van der Waals surface area contributed by atoms with Crippen molar-refractivity contribution in [2.45, 2.75) is 51.4 Å². The molecule has 2 saturated heterocycles. The van der Waals surface area contributed by atoms with Crippen LogP contribution in [-0.2, 0) is 30.2 Å². The fourth-order valence-corrected chi connectivity index (χ4v) is 8.24. The van der Waals surface area contributed by atoms with Crippen LogP contribution in [0.15, 0.2) is 36.4 Å². The first-order valence-corrected chi connectivity index (χ1v) is 19.6. The number of ether oxygens (including phenoxy) is 2. The molecule has 4 aromatic rings. The zero-order valence-corrected chi connectivity index (χ0v) is 34.8. The molecule has 0 spiro atoms. The van der Waals surface area contributed by atoms with Crippen LogP contribution in [0.5, 0.6) is 11.5 Å². The van der Waals surface area contributed by atoms with E-state index in [-0.39, 0.29) is 24.5 Å². The Labute approximate surface area is 350 Å². The van der Waals surface area contributed by atoms with E-state index in [4.69, 9.17) is 55.9 Å². The van der Waals surface area contributed by atoms with Gasteiger partial charge in [0.2, 0.25) is 0 Å². The number of hydrogen-bond donors (Lipinski definition) is 0. The molecule has 2 aliphatic heterocycles. The second-order valence-electron chi connectivity index (χ2n) is 14.0. The first-order chi connectivity index (χ1) is 27.3. The van der Waals surface area contributed by atoms with Gasteiger partial charge in [0.05, 0.1) is 70.9 Å². The van der Waals surface area contributed by atoms with E-state index in [2.05, 4.69) is 20.0 Å². The molecular formula is C37H40Cl4F6N8O3. The summed E-state index contributed by atoms with van der Waals surface area (Å²) in [6.45, 7) is 4.98. The summed E-state index contributed by atoms with van der Waals surface area (Å²) in [7, 11) is 3.00. The highest BCUT2D eigenvalue weighted by Gasteiger charge is 2.43. The lowest BCUT2D eigenvalue weighted by molar-refractivity contribution is -0.142. The number of rotatable bonds is 12. The van der Waals surface area contributed by atoms with Crippen LogP contribution in [0.3, 0.4) is 0 Å². The molecule has 0 amide bonds. The van der Waals surface area contributed by atoms with Gasteiger partial charge in [-0.05, 0) is 38.1 Å². The lowest BCUT2D eigenvalue weighted by atomic mass is 9.99. The quantitative estimate of drug-likeness (QED) is 0.131. The standard InChI is InChI=1S/C37H40Cl4F6N8O3/c1-21-31(40)34(36(42,43)44)48-54(21)19-27(52-13-9-50(10-14-52)23-5-7-25(38)29(17-23)57-3)33(56)28(20-55-22(2)32(41)35(49-55)37(45,46)47)53-15-11-51(12-16-53)24-6-8-26(39)30(18-24)58-4/h5-8,17-18,27-28H,9-16,19-20H2,1-4H3. The molecule has 4 heterocycles. The van der Waals surface area contributed by atoms with Gasteiger partial charge in [0.15, 0.2) is 17.2 Å². The Morgan fingerprint density at radius 3 is 1.28 bits per heavy atom. The van der Waals surface area contributed by atoms with Gasteiger partial charge in [-0.25, -0.2) is 0 Å². The summed E-state index contributed by atoms with van der Waals surface area (Å²) in [4.78, 5) is 23.1. The van der Waals surface area contributed by atoms with Crippen LogP contribution >= 0.6 is 46.4 Å². The minimum absolute atomic E-state index is 0.00626. The van der Waals surface area contributed by atoms with Gasteiger partial charge in [-0.2, -0.15) is 36.5 Å². The number of methoxy groups -OCH3 is 2. The van der Waals surface area contributed by atoms with E-state index in [0.717, 1.165) is 20.7 Å². The lowest BCUT2D eigenvalue weighted by Gasteiger charge is -2.43. The average Bonchev–Trinajstić information content (AvgIpc) is 3.65. The second kappa shape index (κ2) is 17.5. The highest BCUT2D eigenvalue weighted by atomic mass is 35.5. The van der Waals surface area contributed by atoms with Crippen LogP contribution in [0, 0.1) is 13.8 Å². The van der Waals surface area contributed by atoms with Gasteiger partial charge in [-0.15, -0.1) is 0 Å². The van der Waals surface area contributed by atoms with E-state index in [0.29, 0.717) is 73.9 Å². The zero-order chi connectivity index (χ0) is 42.3. The molecule has 0 N–H and O–H groups in total. The summed E-state index contributed by atoms with van der Waals surface area (Å²) in [6.07, 6.45) is -9.72. The molecule has 0 radical (unpaired) electrons. The molecular weight excluding hydrogens is 860 g/mol. The number of Topliss-reactive ketones (excluding diaryl/α,β-unsaturated/α-hetero) is 1. The van der Waals surface area contributed by atoms with E-state index in [9.17, 15) is 26.3 Å². The van der Waals surface area contributed by atoms with Gasteiger partial charge < -0.3 is 19.3 Å². The van der Waals surface area contributed by atoms with E-state index < -0.39 is 51.7 Å². The minimum Gasteiger partial charge on any atom is -0.495 e. The highest BCUT2D eigenvalue weighted by Crippen LogP contribution is 2.38. The summed E-state index contributed by atoms with van der Waals surface area (Å²) in [5, 5.41) is 7.29. The molecule has 6 rings (SSSR count). The second-order valence-corrected chi connectivity index (χ2v) is 15.5. The number of benzene rings is 2. The van der Waals surface area contributed by atoms with E-state index in [1.165, 1.54) is 28.1 Å². The third-order valence-corrected chi connectivity index (χ3v) is 12.2. The third-order valence-electron chi connectivity index (χ3n) is 10.7. The molecule has 2 unspecified atom stereocenters. The molecule has 316 valence electrons. The number of carbonyl (C=O) groups is 1. The maximum Gasteiger partial charge on any atom is 0.436 e. The van der Waals surface area contributed by atoms with Crippen molar-refractivity contribution in [2.24, 2.45) is 0 Å². The van der Waals surface area contributed by atoms with E-state index >= 15 is 4.79 Å². The summed E-state index contributed by atoms with van der Waals surface area (Å²) < 4.78 is 96.8. The smallest absolute Gasteiger partial charge is 0.436 e. The topological polar surface area (TPSA) is 84.1 Å². The van der Waals surface area contributed by atoms with Crippen LogP contribution < -0.4 is 19.3 Å². The van der Waals surface area contributed by atoms with Crippen molar-refractivity contribution in [1.29, 1.82) is 0 Å². The molecule has 2 aromatic carbocycles. The molecule has 11 nitrogen and oxygen atoms in total. The normalized spacial score (nSPS) is 17.1. The predicted molar refractivity (Wildman–Crippen MR) is 210 cm³/mol. The molecule has 21 heteroatoms. The maximum absolute atomic E-state index is 15.2. The molecule has 2 aliphatic rings. The van der Waals surface area contributed by atoms with Crippen molar-refractivity contribution in [3.8, 4) is 11.5 Å². The first-order valence-electron chi connectivity index (χ1n) is 18.1. The number of hydrogen-bond acceptors (Lipinski definition) is 9. The highest BCUT2D eigenvalue weighted by molar-refractivity contribution is 6.33. The maximum atomic E-state index is 15.2. The SMILES string of the molecule is COc1cc(N2CCN(C(Cn3nc(C(F)(F)F)c(Cl)c3C)C(=O)C(Cn3nc(C(F)(F)F)c(Cl)c3C)N3CCN(c4ccc(Cl)c(OC)c4)CC3)CC2)ccc1Cl. The van der Waals surface area contributed by atoms with Crippen LogP contribution in [-0.4, -0.2) is 114 Å². The van der Waals surface area contributed by atoms with Gasteiger partial charge in [0.25, 0.3) is 0 Å².